The van der Waals surface area contributed by atoms with E-state index in [4.69, 9.17) is 5.73 Å². The number of likely N-dealkylation sites (N-methyl/N-ethyl adjacent to an activating group) is 1. The maximum atomic E-state index is 5.46. The maximum absolute atomic E-state index is 5.46. The van der Waals surface area contributed by atoms with Gasteiger partial charge in [-0.2, -0.15) is 5.10 Å². The van der Waals surface area contributed by atoms with Crippen LogP contribution in [-0.4, -0.2) is 34.8 Å². The Morgan fingerprint density at radius 1 is 1.62 bits per heavy atom. The highest BCUT2D eigenvalue weighted by atomic mass is 15.3. The van der Waals surface area contributed by atoms with Gasteiger partial charge in [-0.1, -0.05) is 0 Å². The van der Waals surface area contributed by atoms with E-state index in [9.17, 15) is 0 Å². The number of rotatable bonds is 4. The third-order valence-electron chi connectivity index (χ3n) is 2.29. The van der Waals surface area contributed by atoms with Crippen molar-refractivity contribution in [2.75, 3.05) is 20.1 Å². The molecule has 1 aromatic heterocycles. The fraction of sp³-hybridized carbons (Fsp3) is 0.667. The van der Waals surface area contributed by atoms with Crippen molar-refractivity contribution in [1.29, 1.82) is 0 Å². The second-order valence-corrected chi connectivity index (χ2v) is 3.41. The van der Waals surface area contributed by atoms with Crippen LogP contribution in [0.25, 0.3) is 0 Å². The molecule has 0 radical (unpaired) electrons. The number of hydrogen-bond acceptors (Lipinski definition) is 3. The molecule has 0 aromatic carbocycles. The van der Waals surface area contributed by atoms with Crippen LogP contribution in [0.5, 0.6) is 0 Å². The lowest BCUT2D eigenvalue weighted by atomic mass is 10.2. The van der Waals surface area contributed by atoms with Crippen molar-refractivity contribution < 1.29 is 0 Å². The molecule has 0 aliphatic heterocycles. The van der Waals surface area contributed by atoms with Crippen LogP contribution in [0.4, 0.5) is 0 Å². The predicted octanol–water partition coefficient (Wildman–Crippen LogP) is 0.119. The van der Waals surface area contributed by atoms with Gasteiger partial charge in [-0.15, -0.1) is 0 Å². The largest absolute Gasteiger partial charge is 0.329 e. The average molecular weight is 182 g/mol. The summed E-state index contributed by atoms with van der Waals surface area (Å²) in [7, 11) is 4.03. The average Bonchev–Trinajstić information content (AvgIpc) is 2.37. The van der Waals surface area contributed by atoms with E-state index in [0.29, 0.717) is 6.54 Å². The Kier molecular flexibility index (Phi) is 3.45. The van der Waals surface area contributed by atoms with Crippen LogP contribution in [0.2, 0.25) is 0 Å². The summed E-state index contributed by atoms with van der Waals surface area (Å²) in [5.74, 6) is 0. The summed E-state index contributed by atoms with van der Waals surface area (Å²) in [5.41, 5.74) is 7.97. The molecule has 4 nitrogen and oxygen atoms in total. The van der Waals surface area contributed by atoms with Crippen LogP contribution in [0.3, 0.4) is 0 Å². The van der Waals surface area contributed by atoms with E-state index < -0.39 is 0 Å². The maximum Gasteiger partial charge on any atom is 0.0537 e. The molecule has 0 saturated carbocycles. The van der Waals surface area contributed by atoms with Crippen molar-refractivity contribution in [3.05, 3.63) is 17.5 Å². The van der Waals surface area contributed by atoms with Gasteiger partial charge in [0.25, 0.3) is 0 Å². The summed E-state index contributed by atoms with van der Waals surface area (Å²) >= 11 is 0. The predicted molar refractivity (Wildman–Crippen MR) is 53.3 cm³/mol. The molecule has 2 N–H and O–H groups in total. The van der Waals surface area contributed by atoms with Gasteiger partial charge >= 0.3 is 0 Å². The number of hydrogen-bond donors (Lipinski definition) is 1. The van der Waals surface area contributed by atoms with Crippen LogP contribution in [0, 0.1) is 6.92 Å². The molecule has 0 spiro atoms. The first-order valence-electron chi connectivity index (χ1n) is 4.51. The van der Waals surface area contributed by atoms with E-state index >= 15 is 0 Å². The third-order valence-corrected chi connectivity index (χ3v) is 2.29. The second-order valence-electron chi connectivity index (χ2n) is 3.41. The van der Waals surface area contributed by atoms with Crippen molar-refractivity contribution in [3.8, 4) is 0 Å². The summed E-state index contributed by atoms with van der Waals surface area (Å²) in [4.78, 5) is 2.20. The Hall–Kier alpha value is -0.870. The molecular weight excluding hydrogens is 164 g/mol. The molecule has 0 amide bonds. The fourth-order valence-corrected chi connectivity index (χ4v) is 1.29. The van der Waals surface area contributed by atoms with E-state index in [2.05, 4.69) is 24.0 Å². The van der Waals surface area contributed by atoms with E-state index in [1.54, 1.807) is 0 Å². The molecule has 0 aliphatic rings. The molecule has 13 heavy (non-hydrogen) atoms. The first-order chi connectivity index (χ1) is 6.15. The Balaban J connectivity index is 2.58. The van der Waals surface area contributed by atoms with Gasteiger partial charge in [0.15, 0.2) is 0 Å². The fourth-order valence-electron chi connectivity index (χ4n) is 1.29. The van der Waals surface area contributed by atoms with Crippen LogP contribution < -0.4 is 5.73 Å². The van der Waals surface area contributed by atoms with Gasteiger partial charge in [0.1, 0.15) is 0 Å². The van der Waals surface area contributed by atoms with E-state index in [0.717, 1.165) is 13.1 Å². The standard InChI is InChI=1S/C9H18N4/c1-8-9(6-11-13(8)3)7-12(2)5-4-10/h6H,4-5,7,10H2,1-3H3. The van der Waals surface area contributed by atoms with Gasteiger partial charge in [-0.3, -0.25) is 4.68 Å². The SMILES string of the molecule is Cc1c(CN(C)CCN)cnn1C. The molecule has 4 heteroatoms. The Labute approximate surface area is 79.3 Å². The second kappa shape index (κ2) is 4.39. The van der Waals surface area contributed by atoms with Gasteiger partial charge in [-0.25, -0.2) is 0 Å². The van der Waals surface area contributed by atoms with Crippen LogP contribution >= 0.6 is 0 Å². The number of nitrogens with two attached hydrogens (primary N) is 1. The normalized spacial score (nSPS) is 11.2. The molecule has 1 aromatic rings. The molecule has 74 valence electrons. The van der Waals surface area contributed by atoms with Gasteiger partial charge in [0.2, 0.25) is 0 Å². The Morgan fingerprint density at radius 2 is 2.31 bits per heavy atom. The molecular formula is C9H18N4. The van der Waals surface area contributed by atoms with Crippen molar-refractivity contribution in [2.24, 2.45) is 12.8 Å². The smallest absolute Gasteiger partial charge is 0.0537 e. The van der Waals surface area contributed by atoms with Gasteiger partial charge < -0.3 is 10.6 Å². The molecule has 1 rings (SSSR count). The minimum Gasteiger partial charge on any atom is -0.329 e. The van der Waals surface area contributed by atoms with Gasteiger partial charge in [0, 0.05) is 37.9 Å². The molecule has 0 aliphatic carbocycles. The lowest BCUT2D eigenvalue weighted by molar-refractivity contribution is 0.335. The lowest BCUT2D eigenvalue weighted by Crippen LogP contribution is -2.25. The zero-order chi connectivity index (χ0) is 9.84. The van der Waals surface area contributed by atoms with Crippen molar-refractivity contribution in [3.63, 3.8) is 0 Å². The van der Waals surface area contributed by atoms with E-state index in [-0.39, 0.29) is 0 Å². The molecule has 0 saturated heterocycles. The Bertz CT molecular complexity index is 267. The third kappa shape index (κ3) is 2.54. The highest BCUT2D eigenvalue weighted by molar-refractivity contribution is 5.15. The van der Waals surface area contributed by atoms with Crippen LogP contribution in [-0.2, 0) is 13.6 Å². The number of nitrogens with zero attached hydrogens (tertiary/aromatic N) is 3. The zero-order valence-electron chi connectivity index (χ0n) is 8.62. The van der Waals surface area contributed by atoms with E-state index in [1.165, 1.54) is 11.3 Å². The monoisotopic (exact) mass is 182 g/mol. The lowest BCUT2D eigenvalue weighted by Gasteiger charge is -2.14. The van der Waals surface area contributed by atoms with E-state index in [1.807, 2.05) is 17.9 Å². The summed E-state index contributed by atoms with van der Waals surface area (Å²) in [6.07, 6.45) is 1.92. The minimum atomic E-state index is 0.704. The molecule has 0 atom stereocenters. The Morgan fingerprint density at radius 3 is 2.77 bits per heavy atom. The summed E-state index contributed by atoms with van der Waals surface area (Å²) in [6.45, 7) is 4.64. The van der Waals surface area contributed by atoms with Gasteiger partial charge in [-0.05, 0) is 14.0 Å². The molecule has 0 unspecified atom stereocenters. The first-order valence-corrected chi connectivity index (χ1v) is 4.51. The molecule has 1 heterocycles. The molecule has 0 bridgehead atoms. The quantitative estimate of drug-likeness (QED) is 0.719. The number of aryl methyl sites for hydroxylation is 1. The van der Waals surface area contributed by atoms with Gasteiger partial charge in [0.05, 0.1) is 6.20 Å². The number of aromatic nitrogens is 2. The minimum absolute atomic E-state index is 0.704. The summed E-state index contributed by atoms with van der Waals surface area (Å²) < 4.78 is 1.89. The van der Waals surface area contributed by atoms with Crippen LogP contribution in [0.1, 0.15) is 11.3 Å². The summed E-state index contributed by atoms with van der Waals surface area (Å²) in [6, 6.07) is 0. The zero-order valence-corrected chi connectivity index (χ0v) is 8.62. The summed E-state index contributed by atoms with van der Waals surface area (Å²) in [5, 5.41) is 4.19. The first kappa shape index (κ1) is 10.2. The van der Waals surface area contributed by atoms with Crippen LogP contribution in [0.15, 0.2) is 6.20 Å². The van der Waals surface area contributed by atoms with Crippen molar-refractivity contribution in [2.45, 2.75) is 13.5 Å². The highest BCUT2D eigenvalue weighted by Gasteiger charge is 2.05. The van der Waals surface area contributed by atoms with Crippen molar-refractivity contribution in [1.82, 2.24) is 14.7 Å². The highest BCUT2D eigenvalue weighted by Crippen LogP contribution is 2.07. The topological polar surface area (TPSA) is 47.1 Å². The van der Waals surface area contributed by atoms with Crippen molar-refractivity contribution >= 4 is 0 Å². The molecule has 0 fully saturated rings.